The number of carbonyl (C=O) groups is 2. The number of hydrogen-bond acceptors (Lipinski definition) is 2. The van der Waals surface area contributed by atoms with Gasteiger partial charge in [-0.2, -0.15) is 13.2 Å². The van der Waals surface area contributed by atoms with Crippen molar-refractivity contribution >= 4 is 39.2 Å². The summed E-state index contributed by atoms with van der Waals surface area (Å²) in [4.78, 5) is 23.0. The molecular weight excluding hydrogens is 379 g/mol. The predicted octanol–water partition coefficient (Wildman–Crippen LogP) is 5.06. The van der Waals surface area contributed by atoms with Gasteiger partial charge in [0.25, 0.3) is 0 Å². The molecule has 4 nitrogen and oxygen atoms in total. The zero-order valence-corrected chi connectivity index (χ0v) is 14.0. The summed E-state index contributed by atoms with van der Waals surface area (Å²) in [5.41, 5.74) is -2.47. The minimum absolute atomic E-state index is 0.0434. The van der Waals surface area contributed by atoms with Gasteiger partial charge >= 0.3 is 12.3 Å². The van der Waals surface area contributed by atoms with Crippen LogP contribution in [0.3, 0.4) is 0 Å². The smallest absolute Gasteiger partial charge is 0.418 e. The highest BCUT2D eigenvalue weighted by molar-refractivity contribution is 9.10. The van der Waals surface area contributed by atoms with Crippen LogP contribution in [0.1, 0.15) is 42.4 Å². The summed E-state index contributed by atoms with van der Waals surface area (Å²) in [7, 11) is 0. The lowest BCUT2D eigenvalue weighted by molar-refractivity contribution is -0.138. The van der Waals surface area contributed by atoms with Crippen LogP contribution in [-0.4, -0.2) is 22.1 Å². The third-order valence-corrected chi connectivity index (χ3v) is 4.06. The Balaban J connectivity index is 3.09. The normalized spacial score (nSPS) is 12.7. The minimum atomic E-state index is -4.79. The maximum Gasteiger partial charge on any atom is 0.418 e. The fourth-order valence-electron chi connectivity index (χ4n) is 2.52. The number of aldehydes is 1. The van der Waals surface area contributed by atoms with Crippen LogP contribution in [0.5, 0.6) is 0 Å². The van der Waals surface area contributed by atoms with Gasteiger partial charge in [-0.1, -0.05) is 36.7 Å². The van der Waals surface area contributed by atoms with Crippen molar-refractivity contribution in [1.29, 1.82) is 0 Å². The first kappa shape index (κ1) is 17.5. The molecule has 1 heterocycles. The second kappa shape index (κ2) is 5.36. The number of carbonyl (C=O) groups excluding carboxylic acids is 1. The molecule has 0 aliphatic carbocycles. The number of nitrogens with zero attached hydrogens (tertiary/aromatic N) is 1. The highest BCUT2D eigenvalue weighted by atomic mass is 79.9. The Hall–Kier alpha value is -1.83. The average Bonchev–Trinajstić information content (AvgIpc) is 2.74. The molecule has 0 aliphatic heterocycles. The molecule has 0 saturated heterocycles. The van der Waals surface area contributed by atoms with Crippen LogP contribution in [0.25, 0.3) is 10.9 Å². The van der Waals surface area contributed by atoms with Gasteiger partial charge in [0.2, 0.25) is 0 Å². The van der Waals surface area contributed by atoms with Crippen molar-refractivity contribution in [2.75, 3.05) is 0 Å². The van der Waals surface area contributed by atoms with E-state index in [2.05, 4.69) is 15.9 Å². The molecule has 0 atom stereocenters. The largest absolute Gasteiger partial charge is 0.464 e. The summed E-state index contributed by atoms with van der Waals surface area (Å²) in [6.45, 7) is 5.21. The van der Waals surface area contributed by atoms with Gasteiger partial charge in [0, 0.05) is 21.0 Å². The molecular formula is C15H13BrF3NO3. The SMILES string of the molecule is CC(C)(C)c1cc2cc(Br)c(C(F)(F)F)c(C=O)c2n1C(=O)O. The van der Waals surface area contributed by atoms with E-state index in [1.165, 1.54) is 12.1 Å². The number of alkyl halides is 3. The Labute approximate surface area is 138 Å². The molecule has 23 heavy (non-hydrogen) atoms. The molecule has 0 saturated carbocycles. The molecule has 124 valence electrons. The van der Waals surface area contributed by atoms with E-state index < -0.39 is 28.8 Å². The van der Waals surface area contributed by atoms with E-state index in [1.807, 2.05) is 0 Å². The lowest BCUT2D eigenvalue weighted by atomic mass is 9.92. The molecule has 0 spiro atoms. The van der Waals surface area contributed by atoms with Crippen molar-refractivity contribution in [3.8, 4) is 0 Å². The molecule has 0 aliphatic rings. The Morgan fingerprint density at radius 3 is 2.22 bits per heavy atom. The maximum absolute atomic E-state index is 13.3. The zero-order valence-electron chi connectivity index (χ0n) is 12.5. The molecule has 8 heteroatoms. The van der Waals surface area contributed by atoms with Crippen LogP contribution in [0.2, 0.25) is 0 Å². The van der Waals surface area contributed by atoms with Gasteiger partial charge in [0.15, 0.2) is 6.29 Å². The van der Waals surface area contributed by atoms with Gasteiger partial charge in [-0.3, -0.25) is 4.79 Å². The molecule has 1 aromatic carbocycles. The van der Waals surface area contributed by atoms with E-state index in [-0.39, 0.29) is 21.7 Å². The fourth-order valence-corrected chi connectivity index (χ4v) is 3.21. The first-order valence-electron chi connectivity index (χ1n) is 6.53. The van der Waals surface area contributed by atoms with Crippen LogP contribution in [-0.2, 0) is 11.6 Å². The van der Waals surface area contributed by atoms with Crippen LogP contribution in [0.4, 0.5) is 18.0 Å². The van der Waals surface area contributed by atoms with Crippen LogP contribution >= 0.6 is 15.9 Å². The second-order valence-electron chi connectivity index (χ2n) is 6.10. The predicted molar refractivity (Wildman–Crippen MR) is 82.2 cm³/mol. The molecule has 1 N–H and O–H groups in total. The lowest BCUT2D eigenvalue weighted by Crippen LogP contribution is -2.22. The molecule has 0 unspecified atom stereocenters. The Morgan fingerprint density at radius 1 is 1.26 bits per heavy atom. The topological polar surface area (TPSA) is 59.3 Å². The molecule has 0 amide bonds. The van der Waals surface area contributed by atoms with Crippen LogP contribution < -0.4 is 0 Å². The van der Waals surface area contributed by atoms with Crippen LogP contribution in [0.15, 0.2) is 16.6 Å². The van der Waals surface area contributed by atoms with E-state index in [1.54, 1.807) is 20.8 Å². The van der Waals surface area contributed by atoms with Crippen molar-refractivity contribution in [1.82, 2.24) is 4.57 Å². The highest BCUT2D eigenvalue weighted by Crippen LogP contribution is 2.42. The van der Waals surface area contributed by atoms with Crippen molar-refractivity contribution in [3.63, 3.8) is 0 Å². The van der Waals surface area contributed by atoms with Crippen molar-refractivity contribution < 1.29 is 27.9 Å². The van der Waals surface area contributed by atoms with E-state index in [0.29, 0.717) is 5.69 Å². The molecule has 1 aromatic heterocycles. The van der Waals surface area contributed by atoms with Gasteiger partial charge in [-0.25, -0.2) is 9.36 Å². The van der Waals surface area contributed by atoms with Gasteiger partial charge in [0.05, 0.1) is 16.6 Å². The molecule has 2 aromatic rings. The van der Waals surface area contributed by atoms with Crippen LogP contribution in [0, 0.1) is 0 Å². The van der Waals surface area contributed by atoms with E-state index in [4.69, 9.17) is 0 Å². The number of halogens is 4. The summed E-state index contributed by atoms with van der Waals surface area (Å²) in [5, 5.41) is 9.70. The van der Waals surface area contributed by atoms with Gasteiger partial charge in [0.1, 0.15) is 0 Å². The number of benzene rings is 1. The van der Waals surface area contributed by atoms with Gasteiger partial charge in [-0.05, 0) is 12.1 Å². The van der Waals surface area contributed by atoms with Gasteiger partial charge < -0.3 is 5.11 Å². The molecule has 0 radical (unpaired) electrons. The Kier molecular flexibility index (Phi) is 4.09. The number of fused-ring (bicyclic) bond motifs is 1. The number of aromatic nitrogens is 1. The monoisotopic (exact) mass is 391 g/mol. The summed E-state index contributed by atoms with van der Waals surface area (Å²) in [6.07, 6.45) is -6.19. The first-order chi connectivity index (χ1) is 10.4. The van der Waals surface area contributed by atoms with Crippen molar-refractivity contribution in [2.24, 2.45) is 0 Å². The first-order valence-corrected chi connectivity index (χ1v) is 7.33. The van der Waals surface area contributed by atoms with E-state index >= 15 is 0 Å². The standard InChI is InChI=1S/C15H13BrF3NO3/c1-14(2,3)10-5-7-4-9(16)11(15(17,18)19)8(6-21)12(7)20(10)13(22)23/h4-6H,1-3H3,(H,22,23). The fraction of sp³-hybridized carbons (Fsp3) is 0.333. The minimum Gasteiger partial charge on any atom is -0.464 e. The zero-order chi connectivity index (χ0) is 17.7. The third-order valence-electron chi connectivity index (χ3n) is 3.44. The maximum atomic E-state index is 13.3. The second-order valence-corrected chi connectivity index (χ2v) is 6.95. The van der Waals surface area contributed by atoms with E-state index in [0.717, 1.165) is 4.57 Å². The van der Waals surface area contributed by atoms with Crippen molar-refractivity contribution in [3.05, 3.63) is 33.4 Å². The average molecular weight is 392 g/mol. The number of rotatable bonds is 1. The highest BCUT2D eigenvalue weighted by Gasteiger charge is 2.38. The summed E-state index contributed by atoms with van der Waals surface area (Å²) in [6, 6.07) is 2.67. The molecule has 2 rings (SSSR count). The summed E-state index contributed by atoms with van der Waals surface area (Å²) in [5.74, 6) is 0. The number of hydrogen-bond donors (Lipinski definition) is 1. The van der Waals surface area contributed by atoms with E-state index in [9.17, 15) is 27.9 Å². The third kappa shape index (κ3) is 2.87. The molecule has 0 bridgehead atoms. The summed E-state index contributed by atoms with van der Waals surface area (Å²) >= 11 is 2.83. The van der Waals surface area contributed by atoms with Crippen molar-refractivity contribution in [2.45, 2.75) is 32.4 Å². The summed E-state index contributed by atoms with van der Waals surface area (Å²) < 4.78 is 40.2. The molecule has 0 fully saturated rings. The number of carboxylic acid groups (broad SMARTS) is 1. The quantitative estimate of drug-likeness (QED) is 0.691. The Morgan fingerprint density at radius 2 is 1.83 bits per heavy atom. The lowest BCUT2D eigenvalue weighted by Gasteiger charge is -2.20. The van der Waals surface area contributed by atoms with Gasteiger partial charge in [-0.15, -0.1) is 0 Å². The Bertz CT molecular complexity index is 816.